The number of aliphatic hydroxyl groups excluding tert-OH is 1. The maximum Gasteiger partial charge on any atom is 0.118 e. The summed E-state index contributed by atoms with van der Waals surface area (Å²) in [4.78, 5) is 4.19. The van der Waals surface area contributed by atoms with Gasteiger partial charge < -0.3 is 5.11 Å². The van der Waals surface area contributed by atoms with E-state index in [1.54, 1.807) is 0 Å². The smallest absolute Gasteiger partial charge is 0.118 e. The molecule has 1 aromatic rings. The lowest BCUT2D eigenvalue weighted by Gasteiger charge is -1.88. The molecule has 1 rings (SSSR count). The lowest BCUT2D eigenvalue weighted by molar-refractivity contribution is 0.281. The number of aryl methyl sites for hydroxylation is 1. The summed E-state index contributed by atoms with van der Waals surface area (Å²) in [6.07, 6.45) is 3.76. The second kappa shape index (κ2) is 4.26. The molecule has 0 aliphatic rings. The lowest BCUT2D eigenvalue weighted by atomic mass is 10.2. The van der Waals surface area contributed by atoms with Gasteiger partial charge in [0.2, 0.25) is 0 Å². The Kier molecular flexibility index (Phi) is 3.26. The number of hydrogen-bond donors (Lipinski definition) is 1. The highest BCUT2D eigenvalue weighted by Gasteiger charge is 1.98. The van der Waals surface area contributed by atoms with E-state index in [0.29, 0.717) is 0 Å². The average Bonchev–Trinajstić information content (AvgIpc) is 2.48. The Labute approximate surface area is 70.2 Å². The predicted octanol–water partition coefficient (Wildman–Crippen LogP) is 1.75. The molecule has 0 unspecified atom stereocenters. The number of aromatic nitrogens is 1. The molecule has 1 N–H and O–H groups in total. The van der Waals surface area contributed by atoms with Crippen molar-refractivity contribution in [3.05, 3.63) is 28.7 Å². The Morgan fingerprint density at radius 1 is 1.73 bits per heavy atom. The molecule has 0 aliphatic carbocycles. The molecule has 1 heterocycles. The van der Waals surface area contributed by atoms with E-state index >= 15 is 0 Å². The van der Waals surface area contributed by atoms with Crippen molar-refractivity contribution in [2.75, 3.05) is 0 Å². The fourth-order valence-electron chi connectivity index (χ4n) is 0.786. The summed E-state index contributed by atoms with van der Waals surface area (Å²) in [7, 11) is 0. The highest BCUT2D eigenvalue weighted by atomic mass is 32.1. The molecular formula is C8H11NOS. The molecule has 0 fully saturated rings. The molecule has 11 heavy (non-hydrogen) atoms. The van der Waals surface area contributed by atoms with Crippen molar-refractivity contribution in [1.82, 2.24) is 4.98 Å². The second-order valence-electron chi connectivity index (χ2n) is 2.22. The molecule has 60 valence electrons. The van der Waals surface area contributed by atoms with Crippen LogP contribution >= 0.6 is 11.3 Å². The lowest BCUT2D eigenvalue weighted by Crippen LogP contribution is -1.85. The summed E-state index contributed by atoms with van der Waals surface area (Å²) in [5.74, 6) is 0. The third-order valence-corrected chi connectivity index (χ3v) is 2.22. The van der Waals surface area contributed by atoms with Crippen LogP contribution in [-0.4, -0.2) is 10.1 Å². The van der Waals surface area contributed by atoms with Gasteiger partial charge in [-0.3, -0.25) is 0 Å². The minimum absolute atomic E-state index is 0.0543. The summed E-state index contributed by atoms with van der Waals surface area (Å²) in [5, 5.41) is 11.5. The minimum atomic E-state index is 0.0543. The molecule has 2 nitrogen and oxygen atoms in total. The summed E-state index contributed by atoms with van der Waals surface area (Å²) >= 11 is 1.50. The van der Waals surface area contributed by atoms with Crippen LogP contribution in [0.3, 0.4) is 0 Å². The molecule has 0 atom stereocenters. The zero-order chi connectivity index (χ0) is 8.10. The standard InChI is InChI=1S/C8H11NOS/c1-2-3-4-7-6-11-8(5-10)9-7/h2,6,10H,1,3-5H2. The normalized spacial score (nSPS) is 9.91. The van der Waals surface area contributed by atoms with Crippen LogP contribution in [0, 0.1) is 0 Å². The van der Waals surface area contributed by atoms with Gasteiger partial charge in [-0.25, -0.2) is 4.98 Å². The fourth-order valence-corrected chi connectivity index (χ4v) is 1.47. The van der Waals surface area contributed by atoms with Crippen molar-refractivity contribution in [3.8, 4) is 0 Å². The molecule has 0 radical (unpaired) electrons. The predicted molar refractivity (Wildman–Crippen MR) is 46.6 cm³/mol. The highest BCUT2D eigenvalue weighted by Crippen LogP contribution is 2.10. The molecule has 0 aliphatic heterocycles. The van der Waals surface area contributed by atoms with Gasteiger partial charge in [-0.1, -0.05) is 6.08 Å². The van der Waals surface area contributed by atoms with Gasteiger partial charge in [0.15, 0.2) is 0 Å². The number of thiazole rings is 1. The van der Waals surface area contributed by atoms with Gasteiger partial charge in [0.05, 0.1) is 12.3 Å². The number of aliphatic hydroxyl groups is 1. The summed E-state index contributed by atoms with van der Waals surface area (Å²) in [6.45, 7) is 3.68. The van der Waals surface area contributed by atoms with Crippen molar-refractivity contribution < 1.29 is 5.11 Å². The van der Waals surface area contributed by atoms with Gasteiger partial charge in [0, 0.05) is 5.38 Å². The van der Waals surface area contributed by atoms with E-state index in [-0.39, 0.29) is 6.61 Å². The molecule has 0 saturated heterocycles. The van der Waals surface area contributed by atoms with Crippen LogP contribution < -0.4 is 0 Å². The number of allylic oxidation sites excluding steroid dienone is 1. The first-order valence-electron chi connectivity index (χ1n) is 3.52. The van der Waals surface area contributed by atoms with Crippen LogP contribution in [0.5, 0.6) is 0 Å². The van der Waals surface area contributed by atoms with Gasteiger partial charge in [0.1, 0.15) is 5.01 Å². The molecule has 0 saturated carbocycles. The van der Waals surface area contributed by atoms with E-state index in [1.165, 1.54) is 11.3 Å². The van der Waals surface area contributed by atoms with E-state index in [9.17, 15) is 0 Å². The topological polar surface area (TPSA) is 33.1 Å². The van der Waals surface area contributed by atoms with Crippen LogP contribution in [0.4, 0.5) is 0 Å². The van der Waals surface area contributed by atoms with E-state index in [2.05, 4.69) is 11.6 Å². The van der Waals surface area contributed by atoms with Gasteiger partial charge in [-0.15, -0.1) is 17.9 Å². The fraction of sp³-hybridized carbons (Fsp3) is 0.375. The van der Waals surface area contributed by atoms with Crippen molar-refractivity contribution in [3.63, 3.8) is 0 Å². The summed E-state index contributed by atoms with van der Waals surface area (Å²) in [6, 6.07) is 0. The van der Waals surface area contributed by atoms with E-state index in [1.807, 2.05) is 11.5 Å². The Morgan fingerprint density at radius 3 is 3.09 bits per heavy atom. The van der Waals surface area contributed by atoms with E-state index in [4.69, 9.17) is 5.11 Å². The summed E-state index contributed by atoms with van der Waals surface area (Å²) < 4.78 is 0. The Bertz CT molecular complexity index is 232. The number of rotatable bonds is 4. The monoisotopic (exact) mass is 169 g/mol. The van der Waals surface area contributed by atoms with Crippen LogP contribution in [0.25, 0.3) is 0 Å². The average molecular weight is 169 g/mol. The number of nitrogens with zero attached hydrogens (tertiary/aromatic N) is 1. The van der Waals surface area contributed by atoms with Gasteiger partial charge in [-0.2, -0.15) is 0 Å². The zero-order valence-corrected chi connectivity index (χ0v) is 7.10. The van der Waals surface area contributed by atoms with Crippen molar-refractivity contribution in [2.45, 2.75) is 19.4 Å². The van der Waals surface area contributed by atoms with Crippen molar-refractivity contribution >= 4 is 11.3 Å². The minimum Gasteiger partial charge on any atom is -0.389 e. The van der Waals surface area contributed by atoms with Crippen LogP contribution in [0.2, 0.25) is 0 Å². The maximum absolute atomic E-state index is 8.70. The SMILES string of the molecule is C=CCCc1csc(CO)n1. The van der Waals surface area contributed by atoms with Crippen LogP contribution in [0.15, 0.2) is 18.0 Å². The maximum atomic E-state index is 8.70. The Balaban J connectivity index is 2.50. The molecule has 3 heteroatoms. The van der Waals surface area contributed by atoms with Crippen LogP contribution in [0.1, 0.15) is 17.1 Å². The molecule has 0 bridgehead atoms. The molecule has 0 spiro atoms. The first kappa shape index (κ1) is 8.43. The van der Waals surface area contributed by atoms with E-state index in [0.717, 1.165) is 23.5 Å². The Morgan fingerprint density at radius 2 is 2.55 bits per heavy atom. The van der Waals surface area contributed by atoms with Gasteiger partial charge in [0.25, 0.3) is 0 Å². The molecule has 0 amide bonds. The zero-order valence-electron chi connectivity index (χ0n) is 6.29. The van der Waals surface area contributed by atoms with Crippen molar-refractivity contribution in [1.29, 1.82) is 0 Å². The first-order chi connectivity index (χ1) is 5.36. The third-order valence-electron chi connectivity index (χ3n) is 1.34. The molecular weight excluding hydrogens is 158 g/mol. The third kappa shape index (κ3) is 2.44. The van der Waals surface area contributed by atoms with Gasteiger partial charge in [-0.05, 0) is 12.8 Å². The van der Waals surface area contributed by atoms with Crippen LogP contribution in [-0.2, 0) is 13.0 Å². The second-order valence-corrected chi connectivity index (χ2v) is 3.16. The summed E-state index contributed by atoms with van der Waals surface area (Å²) in [5.41, 5.74) is 1.05. The highest BCUT2D eigenvalue weighted by molar-refractivity contribution is 7.09. The largest absolute Gasteiger partial charge is 0.389 e. The Hall–Kier alpha value is -0.670. The molecule has 0 aromatic carbocycles. The van der Waals surface area contributed by atoms with Crippen molar-refractivity contribution in [2.24, 2.45) is 0 Å². The van der Waals surface area contributed by atoms with E-state index < -0.39 is 0 Å². The number of hydrogen-bond acceptors (Lipinski definition) is 3. The van der Waals surface area contributed by atoms with Gasteiger partial charge >= 0.3 is 0 Å². The molecule has 1 aromatic heterocycles. The quantitative estimate of drug-likeness (QED) is 0.697. The first-order valence-corrected chi connectivity index (χ1v) is 4.40.